The van der Waals surface area contributed by atoms with Crippen LogP contribution in [0, 0.1) is 10.5 Å². The Morgan fingerprint density at radius 2 is 1.76 bits per heavy atom. The Morgan fingerprint density at radius 3 is 2.38 bits per heavy atom. The molecule has 0 saturated carbocycles. The lowest BCUT2D eigenvalue weighted by molar-refractivity contribution is -0.116. The number of hydrogen-bond acceptors (Lipinski definition) is 1. The number of amides is 1. The Hall–Kier alpha value is -1.36. The van der Waals surface area contributed by atoms with Gasteiger partial charge in [0.25, 0.3) is 0 Å². The third-order valence-corrected chi connectivity index (χ3v) is 4.21. The van der Waals surface area contributed by atoms with Gasteiger partial charge in [0.05, 0.1) is 0 Å². The molecule has 0 atom stereocenters. The van der Waals surface area contributed by atoms with E-state index in [2.05, 4.69) is 65.2 Å². The van der Waals surface area contributed by atoms with E-state index in [1.807, 2.05) is 19.1 Å². The third kappa shape index (κ3) is 4.84. The fourth-order valence-corrected chi connectivity index (χ4v) is 2.83. The van der Waals surface area contributed by atoms with Crippen LogP contribution in [-0.2, 0) is 17.6 Å². The zero-order valence-corrected chi connectivity index (χ0v) is 14.6. The number of aryl methyl sites for hydroxylation is 3. The summed E-state index contributed by atoms with van der Waals surface area (Å²) in [6.07, 6.45) is 2.34. The van der Waals surface area contributed by atoms with Gasteiger partial charge in [-0.15, -0.1) is 0 Å². The Morgan fingerprint density at radius 1 is 1.10 bits per heavy atom. The highest BCUT2D eigenvalue weighted by molar-refractivity contribution is 14.1. The van der Waals surface area contributed by atoms with Crippen molar-refractivity contribution >= 4 is 34.2 Å². The molecule has 0 fully saturated rings. The zero-order valence-electron chi connectivity index (χ0n) is 12.4. The van der Waals surface area contributed by atoms with Crippen molar-refractivity contribution in [2.75, 3.05) is 5.32 Å². The summed E-state index contributed by atoms with van der Waals surface area (Å²) in [7, 11) is 0. The first-order valence-corrected chi connectivity index (χ1v) is 8.30. The highest BCUT2D eigenvalue weighted by atomic mass is 127. The molecular formula is C18H20INO. The number of benzene rings is 2. The largest absolute Gasteiger partial charge is 0.326 e. The van der Waals surface area contributed by atoms with Crippen LogP contribution in [0.25, 0.3) is 0 Å². The molecule has 0 radical (unpaired) electrons. The van der Waals surface area contributed by atoms with E-state index in [1.165, 1.54) is 14.7 Å². The van der Waals surface area contributed by atoms with E-state index >= 15 is 0 Å². The highest BCUT2D eigenvalue weighted by Gasteiger charge is 2.05. The summed E-state index contributed by atoms with van der Waals surface area (Å²) in [6, 6.07) is 14.5. The maximum absolute atomic E-state index is 12.0. The third-order valence-electron chi connectivity index (χ3n) is 3.53. The van der Waals surface area contributed by atoms with Crippen molar-refractivity contribution in [1.29, 1.82) is 0 Å². The quantitative estimate of drug-likeness (QED) is 0.731. The van der Waals surface area contributed by atoms with Gasteiger partial charge < -0.3 is 5.32 Å². The predicted molar refractivity (Wildman–Crippen MR) is 96.7 cm³/mol. The minimum atomic E-state index is 0.0684. The van der Waals surface area contributed by atoms with Crippen LogP contribution in [0.4, 0.5) is 5.69 Å². The number of halogens is 1. The molecule has 21 heavy (non-hydrogen) atoms. The monoisotopic (exact) mass is 393 g/mol. The SMILES string of the molecule is CCc1ccc(CCC(=O)Nc2ccc(I)cc2C)cc1. The van der Waals surface area contributed by atoms with Crippen molar-refractivity contribution in [3.8, 4) is 0 Å². The van der Waals surface area contributed by atoms with E-state index in [-0.39, 0.29) is 5.91 Å². The Balaban J connectivity index is 1.89. The number of rotatable bonds is 5. The van der Waals surface area contributed by atoms with Crippen LogP contribution in [0.5, 0.6) is 0 Å². The standard InChI is InChI=1S/C18H20INO/c1-3-14-4-6-15(7-5-14)8-11-18(21)20-17-10-9-16(19)12-13(17)2/h4-7,9-10,12H,3,8,11H2,1-2H3,(H,20,21). The molecule has 0 bridgehead atoms. The van der Waals surface area contributed by atoms with E-state index in [0.29, 0.717) is 6.42 Å². The summed E-state index contributed by atoms with van der Waals surface area (Å²) in [6.45, 7) is 4.16. The summed E-state index contributed by atoms with van der Waals surface area (Å²) in [5.74, 6) is 0.0684. The average Bonchev–Trinajstić information content (AvgIpc) is 2.48. The Kier molecular flexibility index (Phi) is 5.79. The molecule has 1 amide bonds. The number of carbonyl (C=O) groups is 1. The van der Waals surface area contributed by atoms with Gasteiger partial charge in [-0.2, -0.15) is 0 Å². The van der Waals surface area contributed by atoms with E-state index in [1.54, 1.807) is 0 Å². The summed E-state index contributed by atoms with van der Waals surface area (Å²) in [5.41, 5.74) is 4.55. The van der Waals surface area contributed by atoms with Crippen molar-refractivity contribution in [2.45, 2.75) is 33.1 Å². The maximum atomic E-state index is 12.0. The van der Waals surface area contributed by atoms with Crippen molar-refractivity contribution < 1.29 is 4.79 Å². The van der Waals surface area contributed by atoms with Gasteiger partial charge in [-0.25, -0.2) is 0 Å². The number of anilines is 1. The molecule has 2 nitrogen and oxygen atoms in total. The van der Waals surface area contributed by atoms with Gasteiger partial charge in [0.15, 0.2) is 0 Å². The minimum absolute atomic E-state index is 0.0684. The second kappa shape index (κ2) is 7.59. The van der Waals surface area contributed by atoms with Crippen LogP contribution in [0.1, 0.15) is 30.0 Å². The molecule has 0 aliphatic rings. The fraction of sp³-hybridized carbons (Fsp3) is 0.278. The summed E-state index contributed by atoms with van der Waals surface area (Å²) >= 11 is 2.27. The van der Waals surface area contributed by atoms with Gasteiger partial charge in [0.1, 0.15) is 0 Å². The second-order valence-electron chi connectivity index (χ2n) is 5.18. The van der Waals surface area contributed by atoms with Gasteiger partial charge in [0.2, 0.25) is 5.91 Å². The molecule has 2 aromatic carbocycles. The van der Waals surface area contributed by atoms with Gasteiger partial charge in [-0.1, -0.05) is 31.2 Å². The summed E-state index contributed by atoms with van der Waals surface area (Å²) in [5, 5.41) is 2.99. The number of nitrogens with one attached hydrogen (secondary N) is 1. The van der Waals surface area contributed by atoms with Crippen LogP contribution in [0.15, 0.2) is 42.5 Å². The van der Waals surface area contributed by atoms with Crippen molar-refractivity contribution in [3.05, 3.63) is 62.7 Å². The fourth-order valence-electron chi connectivity index (χ4n) is 2.18. The number of carbonyl (C=O) groups excluding carboxylic acids is 1. The van der Waals surface area contributed by atoms with Crippen molar-refractivity contribution in [3.63, 3.8) is 0 Å². The minimum Gasteiger partial charge on any atom is -0.326 e. The topological polar surface area (TPSA) is 29.1 Å². The molecule has 2 aromatic rings. The van der Waals surface area contributed by atoms with Crippen LogP contribution in [0.3, 0.4) is 0 Å². The molecule has 0 spiro atoms. The van der Waals surface area contributed by atoms with Crippen LogP contribution in [-0.4, -0.2) is 5.91 Å². The molecule has 2 rings (SSSR count). The Labute approximate surface area is 140 Å². The molecule has 0 saturated heterocycles. The highest BCUT2D eigenvalue weighted by Crippen LogP contribution is 2.18. The van der Waals surface area contributed by atoms with Gasteiger partial charge in [-0.3, -0.25) is 4.79 Å². The maximum Gasteiger partial charge on any atom is 0.224 e. The molecule has 0 aliphatic carbocycles. The molecule has 0 unspecified atom stereocenters. The molecular weight excluding hydrogens is 373 g/mol. The molecule has 0 aromatic heterocycles. The lowest BCUT2D eigenvalue weighted by Gasteiger charge is -2.09. The van der Waals surface area contributed by atoms with Gasteiger partial charge in [-0.05, 0) is 77.2 Å². The molecule has 110 valence electrons. The average molecular weight is 393 g/mol. The predicted octanol–water partition coefficient (Wildman–Crippen LogP) is 4.73. The Bertz CT molecular complexity index is 620. The zero-order chi connectivity index (χ0) is 15.2. The molecule has 3 heteroatoms. The van der Waals surface area contributed by atoms with Crippen molar-refractivity contribution in [2.24, 2.45) is 0 Å². The first-order chi connectivity index (χ1) is 10.1. The number of hydrogen-bond donors (Lipinski definition) is 1. The van der Waals surface area contributed by atoms with Crippen LogP contribution >= 0.6 is 22.6 Å². The summed E-state index contributed by atoms with van der Waals surface area (Å²) < 4.78 is 1.18. The van der Waals surface area contributed by atoms with Gasteiger partial charge in [0, 0.05) is 15.7 Å². The second-order valence-corrected chi connectivity index (χ2v) is 6.42. The smallest absolute Gasteiger partial charge is 0.224 e. The van der Waals surface area contributed by atoms with Crippen LogP contribution in [0.2, 0.25) is 0 Å². The molecule has 0 heterocycles. The van der Waals surface area contributed by atoms with E-state index < -0.39 is 0 Å². The summed E-state index contributed by atoms with van der Waals surface area (Å²) in [4.78, 5) is 12.0. The van der Waals surface area contributed by atoms with E-state index in [9.17, 15) is 4.79 Å². The first-order valence-electron chi connectivity index (χ1n) is 7.22. The van der Waals surface area contributed by atoms with Crippen molar-refractivity contribution in [1.82, 2.24) is 0 Å². The lowest BCUT2D eigenvalue weighted by Crippen LogP contribution is -2.13. The van der Waals surface area contributed by atoms with Gasteiger partial charge >= 0.3 is 0 Å². The lowest BCUT2D eigenvalue weighted by atomic mass is 10.1. The molecule has 1 N–H and O–H groups in total. The molecule has 0 aliphatic heterocycles. The first kappa shape index (κ1) is 16.0. The van der Waals surface area contributed by atoms with E-state index in [4.69, 9.17) is 0 Å². The normalized spacial score (nSPS) is 10.4. The van der Waals surface area contributed by atoms with Crippen LogP contribution < -0.4 is 5.32 Å². The van der Waals surface area contributed by atoms with E-state index in [0.717, 1.165) is 24.1 Å².